The third kappa shape index (κ3) is 5.21. The Hall–Kier alpha value is -2.71. The second-order valence-corrected chi connectivity index (χ2v) is 6.51. The summed E-state index contributed by atoms with van der Waals surface area (Å²) in [6.07, 6.45) is -12.8. The molecular weight excluding hydrogens is 398 g/mol. The summed E-state index contributed by atoms with van der Waals surface area (Å²) in [5.74, 6) is 0. The summed E-state index contributed by atoms with van der Waals surface area (Å²) in [5.41, 5.74) is -3.19. The van der Waals surface area contributed by atoms with Crippen molar-refractivity contribution in [3.05, 3.63) is 71.8 Å². The predicted molar refractivity (Wildman–Crippen MR) is 95.8 cm³/mol. The molecule has 0 atom stereocenters. The van der Waals surface area contributed by atoms with Crippen molar-refractivity contribution in [1.82, 2.24) is 10.2 Å². The lowest BCUT2D eigenvalue weighted by Gasteiger charge is -2.38. The van der Waals surface area contributed by atoms with Crippen molar-refractivity contribution in [2.75, 3.05) is 0 Å². The quantitative estimate of drug-likeness (QED) is 0.603. The Morgan fingerprint density at radius 3 is 1.48 bits per heavy atom. The topological polar surface area (TPSA) is 32.3 Å². The maximum Gasteiger partial charge on any atom is 0.420 e. The number of carbonyl (C=O) groups is 1. The monoisotopic (exact) mass is 418 g/mol. The van der Waals surface area contributed by atoms with Crippen LogP contribution in [-0.2, 0) is 13.1 Å². The number of rotatable bonds is 6. The van der Waals surface area contributed by atoms with Crippen molar-refractivity contribution >= 4 is 6.03 Å². The molecule has 2 aromatic rings. The number of hydrogen-bond acceptors (Lipinski definition) is 1. The molecule has 0 aliphatic heterocycles. The van der Waals surface area contributed by atoms with E-state index in [0.717, 1.165) is 11.8 Å². The van der Waals surface area contributed by atoms with Gasteiger partial charge in [0.2, 0.25) is 5.54 Å². The van der Waals surface area contributed by atoms with Gasteiger partial charge in [-0.25, -0.2) is 4.79 Å². The van der Waals surface area contributed by atoms with Gasteiger partial charge in [0.05, 0.1) is 0 Å². The highest BCUT2D eigenvalue weighted by molar-refractivity contribution is 5.75. The largest absolute Gasteiger partial charge is 0.420 e. The highest BCUT2D eigenvalue weighted by atomic mass is 19.4. The molecule has 2 aromatic carbocycles. The SMILES string of the molecule is CCC(NC(=O)N(Cc1ccccc1)Cc1ccccc1)(C(F)(F)F)C(F)(F)F. The highest BCUT2D eigenvalue weighted by Gasteiger charge is 2.70. The minimum absolute atomic E-state index is 0.156. The first kappa shape index (κ1) is 22.6. The van der Waals surface area contributed by atoms with Crippen LogP contribution in [0.25, 0.3) is 0 Å². The van der Waals surface area contributed by atoms with Gasteiger partial charge in [0.25, 0.3) is 0 Å². The van der Waals surface area contributed by atoms with Gasteiger partial charge in [-0.3, -0.25) is 0 Å². The lowest BCUT2D eigenvalue weighted by Crippen LogP contribution is -2.68. The number of benzene rings is 2. The van der Waals surface area contributed by atoms with E-state index in [0.29, 0.717) is 11.1 Å². The van der Waals surface area contributed by atoms with Gasteiger partial charge in [-0.05, 0) is 17.5 Å². The standard InChI is InChI=1S/C20H20F6N2O/c1-2-18(19(21,22)23,20(24,25)26)27-17(29)28(13-15-9-5-3-6-10-15)14-16-11-7-4-8-12-16/h3-12H,2,13-14H2,1H3,(H,27,29). The molecule has 9 heteroatoms. The first-order valence-electron chi connectivity index (χ1n) is 8.78. The molecule has 0 heterocycles. The first-order valence-corrected chi connectivity index (χ1v) is 8.78. The number of nitrogens with one attached hydrogen (secondary N) is 1. The third-order valence-corrected chi connectivity index (χ3v) is 4.54. The summed E-state index contributed by atoms with van der Waals surface area (Å²) in [7, 11) is 0. The van der Waals surface area contributed by atoms with Crippen molar-refractivity contribution in [2.45, 2.75) is 44.3 Å². The van der Waals surface area contributed by atoms with Gasteiger partial charge in [-0.1, -0.05) is 67.6 Å². The summed E-state index contributed by atoms with van der Waals surface area (Å²) in [6, 6.07) is 15.1. The number of urea groups is 1. The van der Waals surface area contributed by atoms with Crippen LogP contribution in [0.4, 0.5) is 31.1 Å². The van der Waals surface area contributed by atoms with Gasteiger partial charge < -0.3 is 10.2 Å². The van der Waals surface area contributed by atoms with Gasteiger partial charge >= 0.3 is 18.4 Å². The number of alkyl halides is 6. The van der Waals surface area contributed by atoms with Crippen molar-refractivity contribution < 1.29 is 31.1 Å². The summed E-state index contributed by atoms with van der Waals surface area (Å²) < 4.78 is 80.4. The fourth-order valence-corrected chi connectivity index (χ4v) is 2.86. The second-order valence-electron chi connectivity index (χ2n) is 6.51. The predicted octanol–water partition coefficient (Wildman–Crippen LogP) is 5.67. The molecule has 0 saturated carbocycles. The van der Waals surface area contributed by atoms with E-state index in [9.17, 15) is 31.1 Å². The molecule has 2 rings (SSSR count). The van der Waals surface area contributed by atoms with Gasteiger partial charge in [0, 0.05) is 13.1 Å². The molecule has 0 aliphatic carbocycles. The second kappa shape index (κ2) is 8.75. The zero-order valence-corrected chi connectivity index (χ0v) is 15.5. The van der Waals surface area contributed by atoms with E-state index in [1.807, 2.05) is 0 Å². The van der Waals surface area contributed by atoms with Crippen LogP contribution < -0.4 is 5.32 Å². The summed E-state index contributed by atoms with van der Waals surface area (Å²) in [4.78, 5) is 13.6. The Kier molecular flexibility index (Phi) is 6.81. The Balaban J connectivity index is 2.36. The molecule has 0 radical (unpaired) electrons. The Morgan fingerprint density at radius 1 is 0.793 bits per heavy atom. The summed E-state index contributed by atoms with van der Waals surface area (Å²) in [5, 5.41) is 1.24. The maximum atomic E-state index is 13.4. The molecule has 0 aliphatic rings. The van der Waals surface area contributed by atoms with Gasteiger partial charge in [-0.15, -0.1) is 0 Å². The summed E-state index contributed by atoms with van der Waals surface area (Å²) >= 11 is 0. The fourth-order valence-electron chi connectivity index (χ4n) is 2.86. The first-order chi connectivity index (χ1) is 13.5. The Bertz CT molecular complexity index is 735. The minimum atomic E-state index is -5.71. The summed E-state index contributed by atoms with van der Waals surface area (Å²) in [6.45, 7) is 0.425. The number of nitrogens with zero attached hydrogens (tertiary/aromatic N) is 1. The van der Waals surface area contributed by atoms with Crippen molar-refractivity contribution in [3.8, 4) is 0 Å². The highest BCUT2D eigenvalue weighted by Crippen LogP contribution is 2.45. The van der Waals surface area contributed by atoms with E-state index in [1.54, 1.807) is 60.7 Å². The van der Waals surface area contributed by atoms with Crippen LogP contribution in [-0.4, -0.2) is 28.8 Å². The molecule has 158 valence electrons. The van der Waals surface area contributed by atoms with E-state index in [-0.39, 0.29) is 13.1 Å². The van der Waals surface area contributed by atoms with Gasteiger partial charge in [-0.2, -0.15) is 26.3 Å². The molecule has 0 saturated heterocycles. The lowest BCUT2D eigenvalue weighted by molar-refractivity contribution is -0.305. The molecule has 29 heavy (non-hydrogen) atoms. The van der Waals surface area contributed by atoms with Crippen LogP contribution >= 0.6 is 0 Å². The molecule has 0 unspecified atom stereocenters. The Morgan fingerprint density at radius 2 is 1.17 bits per heavy atom. The fraction of sp³-hybridized carbons (Fsp3) is 0.350. The third-order valence-electron chi connectivity index (χ3n) is 4.54. The number of halogens is 6. The zero-order chi connectivity index (χ0) is 21.7. The molecule has 1 N–H and O–H groups in total. The Labute approximate surface area is 164 Å². The van der Waals surface area contributed by atoms with E-state index in [4.69, 9.17) is 0 Å². The number of amides is 2. The van der Waals surface area contributed by atoms with Crippen molar-refractivity contribution in [3.63, 3.8) is 0 Å². The average molecular weight is 418 g/mol. The molecule has 2 amide bonds. The van der Waals surface area contributed by atoms with E-state index >= 15 is 0 Å². The number of hydrogen-bond donors (Lipinski definition) is 1. The van der Waals surface area contributed by atoms with Crippen LogP contribution in [0.3, 0.4) is 0 Å². The van der Waals surface area contributed by atoms with E-state index < -0.39 is 30.3 Å². The average Bonchev–Trinajstić information content (AvgIpc) is 2.65. The van der Waals surface area contributed by atoms with Crippen LogP contribution in [0.2, 0.25) is 0 Å². The molecule has 0 aromatic heterocycles. The number of carbonyl (C=O) groups excluding carboxylic acids is 1. The minimum Gasteiger partial charge on any atom is -0.316 e. The van der Waals surface area contributed by atoms with Crippen LogP contribution in [0, 0.1) is 0 Å². The smallest absolute Gasteiger partial charge is 0.316 e. The van der Waals surface area contributed by atoms with Gasteiger partial charge in [0.1, 0.15) is 0 Å². The van der Waals surface area contributed by atoms with Crippen molar-refractivity contribution in [1.29, 1.82) is 0 Å². The maximum absolute atomic E-state index is 13.4. The lowest BCUT2D eigenvalue weighted by atomic mass is 9.94. The van der Waals surface area contributed by atoms with Crippen LogP contribution in [0.15, 0.2) is 60.7 Å². The van der Waals surface area contributed by atoms with E-state index in [1.165, 1.54) is 5.32 Å². The van der Waals surface area contributed by atoms with Crippen LogP contribution in [0.5, 0.6) is 0 Å². The van der Waals surface area contributed by atoms with Crippen molar-refractivity contribution in [2.24, 2.45) is 0 Å². The molecular formula is C20H20F6N2O. The molecule has 0 spiro atoms. The van der Waals surface area contributed by atoms with Gasteiger partial charge in [0.15, 0.2) is 0 Å². The molecule has 0 bridgehead atoms. The van der Waals surface area contributed by atoms with Crippen LogP contribution in [0.1, 0.15) is 24.5 Å². The molecule has 0 fully saturated rings. The molecule has 3 nitrogen and oxygen atoms in total. The zero-order valence-electron chi connectivity index (χ0n) is 15.5. The normalized spacial score (nSPS) is 12.5. The van der Waals surface area contributed by atoms with E-state index in [2.05, 4.69) is 0 Å².